The molecule has 3 aromatic rings. The fourth-order valence-electron chi connectivity index (χ4n) is 2.52. The van der Waals surface area contributed by atoms with Crippen LogP contribution in [0.5, 0.6) is 0 Å². The molecule has 0 saturated carbocycles. The van der Waals surface area contributed by atoms with Gasteiger partial charge in [-0.1, -0.05) is 36.4 Å². The molecule has 0 spiro atoms. The SMILES string of the molecule is Cc1cc(-c2ccccc2)cc(-c2nc(C)cc(C(=O)O)n2)c1. The second-order valence-corrected chi connectivity index (χ2v) is 5.48. The van der Waals surface area contributed by atoms with Gasteiger partial charge in [-0.25, -0.2) is 14.8 Å². The molecule has 1 heterocycles. The van der Waals surface area contributed by atoms with Gasteiger partial charge in [0.15, 0.2) is 11.5 Å². The maximum Gasteiger partial charge on any atom is 0.354 e. The van der Waals surface area contributed by atoms with E-state index >= 15 is 0 Å². The first-order valence-corrected chi connectivity index (χ1v) is 7.29. The van der Waals surface area contributed by atoms with Crippen LogP contribution in [-0.4, -0.2) is 21.0 Å². The Morgan fingerprint density at radius 2 is 1.57 bits per heavy atom. The second kappa shape index (κ2) is 6.01. The molecular weight excluding hydrogens is 288 g/mol. The lowest BCUT2D eigenvalue weighted by Crippen LogP contribution is -2.04. The standard InChI is InChI=1S/C19H16N2O2/c1-12-8-15(14-6-4-3-5-7-14)11-16(9-12)18-20-13(2)10-17(21-18)19(22)23/h3-11H,1-2H3,(H,22,23). The van der Waals surface area contributed by atoms with Crippen molar-refractivity contribution >= 4 is 5.97 Å². The third kappa shape index (κ3) is 3.26. The molecule has 0 radical (unpaired) electrons. The van der Waals surface area contributed by atoms with E-state index in [4.69, 9.17) is 0 Å². The Kier molecular flexibility index (Phi) is 3.89. The molecule has 114 valence electrons. The number of carboxylic acids is 1. The quantitative estimate of drug-likeness (QED) is 0.790. The van der Waals surface area contributed by atoms with E-state index in [-0.39, 0.29) is 5.69 Å². The van der Waals surface area contributed by atoms with Gasteiger partial charge in [0.1, 0.15) is 0 Å². The predicted octanol–water partition coefficient (Wildman–Crippen LogP) is 4.13. The number of hydrogen-bond donors (Lipinski definition) is 1. The average Bonchev–Trinajstić information content (AvgIpc) is 2.54. The summed E-state index contributed by atoms with van der Waals surface area (Å²) in [6.45, 7) is 3.77. The topological polar surface area (TPSA) is 63.1 Å². The van der Waals surface area contributed by atoms with Crippen LogP contribution < -0.4 is 0 Å². The number of benzene rings is 2. The van der Waals surface area contributed by atoms with Crippen molar-refractivity contribution < 1.29 is 9.90 Å². The molecule has 3 rings (SSSR count). The minimum atomic E-state index is -1.05. The van der Waals surface area contributed by atoms with Crippen LogP contribution >= 0.6 is 0 Å². The van der Waals surface area contributed by atoms with Crippen molar-refractivity contribution in [2.24, 2.45) is 0 Å². The summed E-state index contributed by atoms with van der Waals surface area (Å²) < 4.78 is 0. The molecule has 0 fully saturated rings. The molecule has 0 bridgehead atoms. The van der Waals surface area contributed by atoms with Gasteiger partial charge in [0.05, 0.1) is 0 Å². The van der Waals surface area contributed by atoms with E-state index in [1.54, 1.807) is 6.92 Å². The van der Waals surface area contributed by atoms with Crippen LogP contribution in [-0.2, 0) is 0 Å². The molecule has 1 aromatic heterocycles. The molecule has 0 atom stereocenters. The van der Waals surface area contributed by atoms with Crippen molar-refractivity contribution in [3.05, 3.63) is 71.5 Å². The largest absolute Gasteiger partial charge is 0.477 e. The Bertz CT molecular complexity index is 874. The van der Waals surface area contributed by atoms with E-state index in [9.17, 15) is 9.90 Å². The fourth-order valence-corrected chi connectivity index (χ4v) is 2.52. The summed E-state index contributed by atoms with van der Waals surface area (Å²) in [7, 11) is 0. The lowest BCUT2D eigenvalue weighted by Gasteiger charge is -2.08. The van der Waals surface area contributed by atoms with Gasteiger partial charge in [-0.15, -0.1) is 0 Å². The number of rotatable bonds is 3. The van der Waals surface area contributed by atoms with Gasteiger partial charge in [0, 0.05) is 11.3 Å². The zero-order valence-electron chi connectivity index (χ0n) is 12.9. The first kappa shape index (κ1) is 14.9. The number of hydrogen-bond acceptors (Lipinski definition) is 3. The van der Waals surface area contributed by atoms with Gasteiger partial charge in [0.2, 0.25) is 0 Å². The number of nitrogens with zero attached hydrogens (tertiary/aromatic N) is 2. The van der Waals surface area contributed by atoms with Gasteiger partial charge >= 0.3 is 5.97 Å². The highest BCUT2D eigenvalue weighted by Crippen LogP contribution is 2.26. The van der Waals surface area contributed by atoms with Crippen LogP contribution in [0, 0.1) is 13.8 Å². The highest BCUT2D eigenvalue weighted by atomic mass is 16.4. The minimum Gasteiger partial charge on any atom is -0.477 e. The molecule has 23 heavy (non-hydrogen) atoms. The minimum absolute atomic E-state index is 0.00951. The van der Waals surface area contributed by atoms with E-state index in [0.717, 1.165) is 22.3 Å². The molecule has 0 aliphatic heterocycles. The van der Waals surface area contributed by atoms with Gasteiger partial charge < -0.3 is 5.11 Å². The first-order valence-electron chi connectivity index (χ1n) is 7.29. The summed E-state index contributed by atoms with van der Waals surface area (Å²) in [5, 5.41) is 9.18. The van der Waals surface area contributed by atoms with Crippen molar-refractivity contribution in [2.45, 2.75) is 13.8 Å². The van der Waals surface area contributed by atoms with Crippen molar-refractivity contribution in [2.75, 3.05) is 0 Å². The third-order valence-electron chi connectivity index (χ3n) is 3.52. The summed E-state index contributed by atoms with van der Waals surface area (Å²) in [5.74, 6) is -0.615. The maximum absolute atomic E-state index is 11.2. The Balaban J connectivity index is 2.14. The van der Waals surface area contributed by atoms with E-state index in [0.29, 0.717) is 11.5 Å². The van der Waals surface area contributed by atoms with Crippen molar-refractivity contribution in [1.82, 2.24) is 9.97 Å². The van der Waals surface area contributed by atoms with Gasteiger partial charge in [-0.2, -0.15) is 0 Å². The Hall–Kier alpha value is -3.01. The van der Waals surface area contributed by atoms with E-state index < -0.39 is 5.97 Å². The average molecular weight is 304 g/mol. The zero-order valence-corrected chi connectivity index (χ0v) is 12.9. The summed E-state index contributed by atoms with van der Waals surface area (Å²) >= 11 is 0. The van der Waals surface area contributed by atoms with Crippen LogP contribution in [0.15, 0.2) is 54.6 Å². The first-order chi connectivity index (χ1) is 11.0. The Labute approximate surface area is 134 Å². The number of aromatic nitrogens is 2. The van der Waals surface area contributed by atoms with Crippen LogP contribution in [0.25, 0.3) is 22.5 Å². The molecule has 1 N–H and O–H groups in total. The molecule has 2 aromatic carbocycles. The second-order valence-electron chi connectivity index (χ2n) is 5.48. The zero-order chi connectivity index (χ0) is 16.4. The third-order valence-corrected chi connectivity index (χ3v) is 3.52. The van der Waals surface area contributed by atoms with Crippen LogP contribution in [0.3, 0.4) is 0 Å². The molecule has 0 saturated heterocycles. The van der Waals surface area contributed by atoms with E-state index in [1.807, 2.05) is 49.4 Å². The lowest BCUT2D eigenvalue weighted by atomic mass is 10.00. The van der Waals surface area contributed by atoms with Crippen LogP contribution in [0.4, 0.5) is 0 Å². The molecule has 0 aliphatic carbocycles. The molecule has 4 nitrogen and oxygen atoms in total. The Morgan fingerprint density at radius 1 is 0.870 bits per heavy atom. The molecule has 0 amide bonds. The van der Waals surface area contributed by atoms with Crippen molar-refractivity contribution in [1.29, 1.82) is 0 Å². The van der Waals surface area contributed by atoms with Gasteiger partial charge in [0.25, 0.3) is 0 Å². The lowest BCUT2D eigenvalue weighted by molar-refractivity contribution is 0.0690. The maximum atomic E-state index is 11.2. The molecule has 0 unspecified atom stereocenters. The van der Waals surface area contributed by atoms with Crippen LogP contribution in [0.2, 0.25) is 0 Å². The Morgan fingerprint density at radius 3 is 2.26 bits per heavy atom. The van der Waals surface area contributed by atoms with Gasteiger partial charge in [-0.05, 0) is 48.7 Å². The predicted molar refractivity (Wildman–Crippen MR) is 89.3 cm³/mol. The summed E-state index contributed by atoms with van der Waals surface area (Å²) in [6, 6.07) is 17.5. The molecule has 4 heteroatoms. The normalized spacial score (nSPS) is 10.5. The number of aromatic carboxylic acids is 1. The summed E-state index contributed by atoms with van der Waals surface area (Å²) in [6.07, 6.45) is 0. The van der Waals surface area contributed by atoms with E-state index in [2.05, 4.69) is 16.0 Å². The highest BCUT2D eigenvalue weighted by Gasteiger charge is 2.11. The van der Waals surface area contributed by atoms with Crippen molar-refractivity contribution in [3.8, 4) is 22.5 Å². The fraction of sp³-hybridized carbons (Fsp3) is 0.105. The summed E-state index contributed by atoms with van der Waals surface area (Å²) in [4.78, 5) is 19.8. The van der Waals surface area contributed by atoms with Crippen molar-refractivity contribution in [3.63, 3.8) is 0 Å². The number of carbonyl (C=O) groups is 1. The van der Waals surface area contributed by atoms with Crippen LogP contribution in [0.1, 0.15) is 21.7 Å². The van der Waals surface area contributed by atoms with E-state index in [1.165, 1.54) is 6.07 Å². The smallest absolute Gasteiger partial charge is 0.354 e. The molecule has 0 aliphatic rings. The molecular formula is C19H16N2O2. The number of carboxylic acid groups (broad SMARTS) is 1. The number of aryl methyl sites for hydroxylation is 2. The van der Waals surface area contributed by atoms with Gasteiger partial charge in [-0.3, -0.25) is 0 Å². The highest BCUT2D eigenvalue weighted by molar-refractivity contribution is 5.86. The monoisotopic (exact) mass is 304 g/mol. The summed E-state index contributed by atoms with van der Waals surface area (Å²) in [5.41, 5.74) is 4.69.